The van der Waals surface area contributed by atoms with Gasteiger partial charge >= 0.3 is 0 Å². The number of rotatable bonds is 8. The van der Waals surface area contributed by atoms with Gasteiger partial charge in [-0.2, -0.15) is 0 Å². The van der Waals surface area contributed by atoms with E-state index in [9.17, 15) is 0 Å². The molecule has 1 unspecified atom stereocenters. The molecule has 0 aromatic heterocycles. The highest BCUT2D eigenvalue weighted by atomic mass is 14.9. The van der Waals surface area contributed by atoms with Crippen molar-refractivity contribution in [3.8, 4) is 0 Å². The fraction of sp³-hybridized carbons (Fsp3) is 0.684. The molecule has 1 aliphatic carbocycles. The highest BCUT2D eigenvalue weighted by Crippen LogP contribution is 2.47. The molecule has 1 heteroatoms. The SMILES string of the molecule is CCc1ccc(CC(C)(CNCC(C)C)C2CC2)cc1. The van der Waals surface area contributed by atoms with Crippen LogP contribution in [0, 0.1) is 17.3 Å². The summed E-state index contributed by atoms with van der Waals surface area (Å²) in [6.07, 6.45) is 5.20. The molecule has 2 rings (SSSR count). The predicted octanol–water partition coefficient (Wildman–Crippen LogP) is 4.45. The van der Waals surface area contributed by atoms with Crippen LogP contribution in [-0.2, 0) is 12.8 Å². The molecule has 0 spiro atoms. The smallest absolute Gasteiger partial charge is 0.00111 e. The molecule has 1 atom stereocenters. The molecule has 1 aromatic carbocycles. The molecule has 0 heterocycles. The van der Waals surface area contributed by atoms with Gasteiger partial charge in [0.1, 0.15) is 0 Å². The van der Waals surface area contributed by atoms with Crippen molar-refractivity contribution in [1.29, 1.82) is 0 Å². The Balaban J connectivity index is 1.96. The largest absolute Gasteiger partial charge is 0.316 e. The second-order valence-electron chi connectivity index (χ2n) is 7.30. The van der Waals surface area contributed by atoms with Crippen LogP contribution in [0.2, 0.25) is 0 Å². The van der Waals surface area contributed by atoms with Crippen LogP contribution in [0.4, 0.5) is 0 Å². The average Bonchev–Trinajstić information content (AvgIpc) is 3.24. The van der Waals surface area contributed by atoms with Crippen molar-refractivity contribution in [3.05, 3.63) is 35.4 Å². The van der Waals surface area contributed by atoms with E-state index in [1.807, 2.05) is 0 Å². The molecule has 0 amide bonds. The number of aryl methyl sites for hydroxylation is 1. The molecule has 1 saturated carbocycles. The first-order valence-electron chi connectivity index (χ1n) is 8.32. The van der Waals surface area contributed by atoms with Crippen LogP contribution in [0.25, 0.3) is 0 Å². The van der Waals surface area contributed by atoms with Gasteiger partial charge in [-0.3, -0.25) is 0 Å². The highest BCUT2D eigenvalue weighted by molar-refractivity contribution is 5.24. The molecule has 0 radical (unpaired) electrons. The number of hydrogen-bond donors (Lipinski definition) is 1. The van der Waals surface area contributed by atoms with Gasteiger partial charge in [-0.15, -0.1) is 0 Å². The third-order valence-corrected chi connectivity index (χ3v) is 4.68. The highest BCUT2D eigenvalue weighted by Gasteiger charge is 2.40. The number of benzene rings is 1. The van der Waals surface area contributed by atoms with Gasteiger partial charge in [0.05, 0.1) is 0 Å². The van der Waals surface area contributed by atoms with Crippen LogP contribution in [-0.4, -0.2) is 13.1 Å². The van der Waals surface area contributed by atoms with Gasteiger partial charge in [-0.1, -0.05) is 52.0 Å². The minimum atomic E-state index is 0.433. The Morgan fingerprint density at radius 2 is 1.75 bits per heavy atom. The maximum absolute atomic E-state index is 3.69. The predicted molar refractivity (Wildman–Crippen MR) is 88.1 cm³/mol. The van der Waals surface area contributed by atoms with Crippen LogP contribution in [0.5, 0.6) is 0 Å². The van der Waals surface area contributed by atoms with E-state index >= 15 is 0 Å². The van der Waals surface area contributed by atoms with Crippen LogP contribution in [0.1, 0.15) is 51.7 Å². The first-order chi connectivity index (χ1) is 9.53. The van der Waals surface area contributed by atoms with Crippen molar-refractivity contribution in [2.24, 2.45) is 17.3 Å². The lowest BCUT2D eigenvalue weighted by Gasteiger charge is -2.31. The van der Waals surface area contributed by atoms with Gasteiger partial charge in [0.25, 0.3) is 0 Å². The standard InChI is InChI=1S/C19H31N/c1-5-16-6-8-17(9-7-16)12-19(4,18-10-11-18)14-20-13-15(2)3/h6-9,15,18,20H,5,10-14H2,1-4H3. The van der Waals surface area contributed by atoms with Gasteiger partial charge < -0.3 is 5.32 Å². The Kier molecular flexibility index (Phi) is 5.26. The minimum Gasteiger partial charge on any atom is -0.316 e. The van der Waals surface area contributed by atoms with Crippen molar-refractivity contribution in [2.45, 2.75) is 53.4 Å². The van der Waals surface area contributed by atoms with Gasteiger partial charge in [-0.25, -0.2) is 0 Å². The molecular weight excluding hydrogens is 242 g/mol. The molecular formula is C19H31N. The van der Waals surface area contributed by atoms with Crippen LogP contribution < -0.4 is 5.32 Å². The van der Waals surface area contributed by atoms with Gasteiger partial charge in [-0.05, 0) is 60.6 Å². The van der Waals surface area contributed by atoms with E-state index in [2.05, 4.69) is 57.3 Å². The molecule has 0 bridgehead atoms. The monoisotopic (exact) mass is 273 g/mol. The zero-order valence-corrected chi connectivity index (χ0v) is 13.7. The maximum atomic E-state index is 3.69. The zero-order chi connectivity index (χ0) is 14.6. The van der Waals surface area contributed by atoms with E-state index in [1.54, 1.807) is 0 Å². The summed E-state index contributed by atoms with van der Waals surface area (Å²) >= 11 is 0. The van der Waals surface area contributed by atoms with E-state index < -0.39 is 0 Å². The molecule has 0 aliphatic heterocycles. The minimum absolute atomic E-state index is 0.433. The summed E-state index contributed by atoms with van der Waals surface area (Å²) in [6, 6.07) is 9.26. The second kappa shape index (κ2) is 6.76. The van der Waals surface area contributed by atoms with Crippen molar-refractivity contribution < 1.29 is 0 Å². The lowest BCUT2D eigenvalue weighted by atomic mass is 9.78. The van der Waals surface area contributed by atoms with Crippen molar-refractivity contribution >= 4 is 0 Å². The van der Waals surface area contributed by atoms with Crippen molar-refractivity contribution in [3.63, 3.8) is 0 Å². The van der Waals surface area contributed by atoms with Gasteiger partial charge in [0.2, 0.25) is 0 Å². The molecule has 1 nitrogen and oxygen atoms in total. The quantitative estimate of drug-likeness (QED) is 0.737. The van der Waals surface area contributed by atoms with Crippen LogP contribution in [0.3, 0.4) is 0 Å². The Morgan fingerprint density at radius 1 is 1.15 bits per heavy atom. The number of nitrogens with one attached hydrogen (secondary N) is 1. The van der Waals surface area contributed by atoms with Gasteiger partial charge in [0.15, 0.2) is 0 Å². The van der Waals surface area contributed by atoms with E-state index in [0.29, 0.717) is 5.41 Å². The van der Waals surface area contributed by atoms with Crippen molar-refractivity contribution in [2.75, 3.05) is 13.1 Å². The van der Waals surface area contributed by atoms with E-state index in [4.69, 9.17) is 0 Å². The lowest BCUT2D eigenvalue weighted by Crippen LogP contribution is -2.37. The first-order valence-corrected chi connectivity index (χ1v) is 8.32. The fourth-order valence-electron chi connectivity index (χ4n) is 3.14. The summed E-state index contributed by atoms with van der Waals surface area (Å²) in [7, 11) is 0. The van der Waals surface area contributed by atoms with Crippen LogP contribution in [0.15, 0.2) is 24.3 Å². The average molecular weight is 273 g/mol. The second-order valence-corrected chi connectivity index (χ2v) is 7.30. The molecule has 1 aliphatic rings. The molecule has 112 valence electrons. The van der Waals surface area contributed by atoms with Crippen molar-refractivity contribution in [1.82, 2.24) is 5.32 Å². The Morgan fingerprint density at radius 3 is 2.25 bits per heavy atom. The van der Waals surface area contributed by atoms with E-state index in [0.717, 1.165) is 31.3 Å². The summed E-state index contributed by atoms with van der Waals surface area (Å²) in [5.41, 5.74) is 3.38. The normalized spacial score (nSPS) is 18.2. The molecule has 0 saturated heterocycles. The lowest BCUT2D eigenvalue weighted by molar-refractivity contribution is 0.252. The molecule has 20 heavy (non-hydrogen) atoms. The molecule has 1 fully saturated rings. The zero-order valence-electron chi connectivity index (χ0n) is 13.7. The Labute approximate surface area is 125 Å². The van der Waals surface area contributed by atoms with E-state index in [1.165, 1.54) is 30.4 Å². The first kappa shape index (κ1) is 15.6. The Hall–Kier alpha value is -0.820. The third-order valence-electron chi connectivity index (χ3n) is 4.68. The van der Waals surface area contributed by atoms with Crippen LogP contribution >= 0.6 is 0 Å². The number of hydrogen-bond acceptors (Lipinski definition) is 1. The topological polar surface area (TPSA) is 12.0 Å². The summed E-state index contributed by atoms with van der Waals surface area (Å²) in [5.74, 6) is 1.66. The fourth-order valence-corrected chi connectivity index (χ4v) is 3.14. The summed E-state index contributed by atoms with van der Waals surface area (Å²) in [5, 5.41) is 3.69. The summed E-state index contributed by atoms with van der Waals surface area (Å²) in [4.78, 5) is 0. The molecule has 1 N–H and O–H groups in total. The van der Waals surface area contributed by atoms with E-state index in [-0.39, 0.29) is 0 Å². The maximum Gasteiger partial charge on any atom is 0.00111 e. The summed E-state index contributed by atoms with van der Waals surface area (Å²) < 4.78 is 0. The van der Waals surface area contributed by atoms with Gasteiger partial charge in [0, 0.05) is 6.54 Å². The summed E-state index contributed by atoms with van der Waals surface area (Å²) in [6.45, 7) is 11.6. The molecule has 1 aromatic rings. The Bertz CT molecular complexity index is 402. The third kappa shape index (κ3) is 4.34.